The number of hydrogen-bond donors (Lipinski definition) is 0. The van der Waals surface area contributed by atoms with Gasteiger partial charge < -0.3 is 9.47 Å². The molecule has 1 heterocycles. The standard InChI is InChI=1S/C24H19NO5/c1-29-17-11-13-18(14-12-17)30-24(28)21(15-16-7-3-2-4-8-16)25-22(26)19-9-5-6-10-20(19)23(25)27/h2-14,21H,15H2,1H3. The molecule has 2 amide bonds. The fraction of sp³-hybridized carbons (Fsp3) is 0.125. The summed E-state index contributed by atoms with van der Waals surface area (Å²) in [5, 5.41) is 0. The van der Waals surface area contributed by atoms with Crippen LogP contribution in [0.4, 0.5) is 0 Å². The van der Waals surface area contributed by atoms with Crippen LogP contribution in [0.2, 0.25) is 0 Å². The van der Waals surface area contributed by atoms with Gasteiger partial charge in [0.25, 0.3) is 11.8 Å². The summed E-state index contributed by atoms with van der Waals surface area (Å²) < 4.78 is 10.6. The molecule has 1 aliphatic rings. The maximum absolute atomic E-state index is 13.1. The SMILES string of the molecule is COc1ccc(OC(=O)C(Cc2ccccc2)N2C(=O)c3ccccc3C2=O)cc1. The lowest BCUT2D eigenvalue weighted by atomic mass is 10.0. The Morgan fingerprint density at radius 1 is 0.800 bits per heavy atom. The number of carbonyl (C=O) groups is 3. The highest BCUT2D eigenvalue weighted by Gasteiger charge is 2.43. The van der Waals surface area contributed by atoms with Crippen molar-refractivity contribution in [3.63, 3.8) is 0 Å². The summed E-state index contributed by atoms with van der Waals surface area (Å²) in [5.41, 5.74) is 1.39. The van der Waals surface area contributed by atoms with Crippen molar-refractivity contribution in [3.05, 3.63) is 95.6 Å². The molecule has 0 aromatic heterocycles. The molecule has 3 aromatic carbocycles. The number of fused-ring (bicyclic) bond motifs is 1. The van der Waals surface area contributed by atoms with Gasteiger partial charge in [-0.05, 0) is 42.0 Å². The number of hydrogen-bond acceptors (Lipinski definition) is 5. The molecular formula is C24H19NO5. The van der Waals surface area contributed by atoms with Gasteiger partial charge in [-0.25, -0.2) is 4.79 Å². The van der Waals surface area contributed by atoms with Gasteiger partial charge in [-0.15, -0.1) is 0 Å². The average molecular weight is 401 g/mol. The molecule has 0 radical (unpaired) electrons. The third kappa shape index (κ3) is 3.67. The molecule has 0 saturated carbocycles. The Kier molecular flexibility index (Phi) is 5.30. The van der Waals surface area contributed by atoms with Crippen LogP contribution in [-0.2, 0) is 11.2 Å². The Morgan fingerprint density at radius 2 is 1.33 bits per heavy atom. The molecule has 30 heavy (non-hydrogen) atoms. The molecular weight excluding hydrogens is 382 g/mol. The zero-order chi connectivity index (χ0) is 21.1. The van der Waals surface area contributed by atoms with Crippen LogP contribution in [-0.4, -0.2) is 35.8 Å². The van der Waals surface area contributed by atoms with Crippen molar-refractivity contribution in [1.29, 1.82) is 0 Å². The molecule has 6 nitrogen and oxygen atoms in total. The van der Waals surface area contributed by atoms with E-state index in [1.54, 1.807) is 55.6 Å². The first kappa shape index (κ1) is 19.4. The van der Waals surface area contributed by atoms with Gasteiger partial charge in [0.15, 0.2) is 0 Å². The molecule has 0 spiro atoms. The molecule has 150 valence electrons. The summed E-state index contributed by atoms with van der Waals surface area (Å²) >= 11 is 0. The van der Waals surface area contributed by atoms with Gasteiger partial charge in [0.2, 0.25) is 0 Å². The average Bonchev–Trinajstić information content (AvgIpc) is 3.03. The van der Waals surface area contributed by atoms with Gasteiger partial charge in [0, 0.05) is 6.42 Å². The Hall–Kier alpha value is -3.93. The smallest absolute Gasteiger partial charge is 0.335 e. The number of carbonyl (C=O) groups excluding carboxylic acids is 3. The maximum Gasteiger partial charge on any atom is 0.335 e. The second-order valence-corrected chi connectivity index (χ2v) is 6.83. The molecule has 6 heteroatoms. The lowest BCUT2D eigenvalue weighted by molar-refractivity contribution is -0.138. The molecule has 0 saturated heterocycles. The number of amides is 2. The van der Waals surface area contributed by atoms with Gasteiger partial charge in [0.1, 0.15) is 17.5 Å². The molecule has 1 unspecified atom stereocenters. The second kappa shape index (κ2) is 8.21. The van der Waals surface area contributed by atoms with E-state index in [9.17, 15) is 14.4 Å². The highest BCUT2D eigenvalue weighted by atomic mass is 16.5. The number of imide groups is 1. The van der Waals surface area contributed by atoms with Crippen LogP contribution < -0.4 is 9.47 Å². The van der Waals surface area contributed by atoms with E-state index >= 15 is 0 Å². The normalized spacial score (nSPS) is 13.7. The molecule has 4 rings (SSSR count). The van der Waals surface area contributed by atoms with E-state index in [1.807, 2.05) is 30.3 Å². The number of benzene rings is 3. The van der Waals surface area contributed by atoms with Crippen molar-refractivity contribution in [2.75, 3.05) is 7.11 Å². The molecule has 0 bridgehead atoms. The monoisotopic (exact) mass is 401 g/mol. The first-order valence-corrected chi connectivity index (χ1v) is 9.45. The minimum Gasteiger partial charge on any atom is -0.497 e. The number of nitrogens with zero attached hydrogens (tertiary/aromatic N) is 1. The largest absolute Gasteiger partial charge is 0.497 e. The lowest BCUT2D eigenvalue weighted by Crippen LogP contribution is -2.48. The quantitative estimate of drug-likeness (QED) is 0.359. The Labute approximate surface area is 173 Å². The van der Waals surface area contributed by atoms with E-state index in [4.69, 9.17) is 9.47 Å². The van der Waals surface area contributed by atoms with E-state index in [2.05, 4.69) is 0 Å². The lowest BCUT2D eigenvalue weighted by Gasteiger charge is -2.24. The zero-order valence-electron chi connectivity index (χ0n) is 16.3. The molecule has 1 aliphatic heterocycles. The number of esters is 1. The number of methoxy groups -OCH3 is 1. The molecule has 0 aliphatic carbocycles. The van der Waals surface area contributed by atoms with Crippen molar-refractivity contribution in [1.82, 2.24) is 4.90 Å². The summed E-state index contributed by atoms with van der Waals surface area (Å²) in [6.07, 6.45) is 0.154. The van der Waals surface area contributed by atoms with Gasteiger partial charge in [-0.3, -0.25) is 14.5 Å². The van der Waals surface area contributed by atoms with Gasteiger partial charge in [-0.2, -0.15) is 0 Å². The van der Waals surface area contributed by atoms with Crippen molar-refractivity contribution >= 4 is 17.8 Å². The summed E-state index contributed by atoms with van der Waals surface area (Å²) in [6, 6.07) is 21.2. The van der Waals surface area contributed by atoms with E-state index in [0.717, 1.165) is 10.5 Å². The van der Waals surface area contributed by atoms with Crippen LogP contribution in [0.15, 0.2) is 78.9 Å². The highest BCUT2D eigenvalue weighted by molar-refractivity contribution is 6.22. The van der Waals surface area contributed by atoms with Crippen LogP contribution in [0.3, 0.4) is 0 Å². The molecule has 0 N–H and O–H groups in total. The minimum atomic E-state index is -1.10. The van der Waals surface area contributed by atoms with Crippen LogP contribution in [0, 0.1) is 0 Å². The summed E-state index contributed by atoms with van der Waals surface area (Å²) in [5.74, 6) is -0.753. The Morgan fingerprint density at radius 3 is 1.90 bits per heavy atom. The second-order valence-electron chi connectivity index (χ2n) is 6.83. The first-order valence-electron chi connectivity index (χ1n) is 9.45. The van der Waals surface area contributed by atoms with Crippen molar-refractivity contribution in [2.45, 2.75) is 12.5 Å². The molecule has 0 fully saturated rings. The van der Waals surface area contributed by atoms with E-state index in [1.165, 1.54) is 0 Å². The van der Waals surface area contributed by atoms with Gasteiger partial charge in [-0.1, -0.05) is 42.5 Å². The summed E-state index contributed by atoms with van der Waals surface area (Å²) in [4.78, 5) is 40.0. The molecule has 1 atom stereocenters. The Balaban J connectivity index is 1.65. The van der Waals surface area contributed by atoms with Crippen LogP contribution in [0.5, 0.6) is 11.5 Å². The van der Waals surface area contributed by atoms with Crippen molar-refractivity contribution < 1.29 is 23.9 Å². The zero-order valence-corrected chi connectivity index (χ0v) is 16.3. The van der Waals surface area contributed by atoms with Gasteiger partial charge in [0.05, 0.1) is 18.2 Å². The van der Waals surface area contributed by atoms with Crippen LogP contribution >= 0.6 is 0 Å². The fourth-order valence-electron chi connectivity index (χ4n) is 3.44. The van der Waals surface area contributed by atoms with E-state index in [0.29, 0.717) is 11.5 Å². The Bertz CT molecular complexity index is 1060. The first-order chi connectivity index (χ1) is 14.6. The maximum atomic E-state index is 13.1. The predicted octanol–water partition coefficient (Wildman–Crippen LogP) is 3.51. The van der Waals surface area contributed by atoms with E-state index < -0.39 is 23.8 Å². The van der Waals surface area contributed by atoms with Crippen molar-refractivity contribution in [2.24, 2.45) is 0 Å². The third-order valence-electron chi connectivity index (χ3n) is 4.96. The fourth-order valence-corrected chi connectivity index (χ4v) is 3.44. The van der Waals surface area contributed by atoms with Gasteiger partial charge >= 0.3 is 5.97 Å². The summed E-state index contributed by atoms with van der Waals surface area (Å²) in [7, 11) is 1.54. The molecule has 3 aromatic rings. The van der Waals surface area contributed by atoms with E-state index in [-0.39, 0.29) is 17.5 Å². The number of rotatable bonds is 6. The minimum absolute atomic E-state index is 0.154. The third-order valence-corrected chi connectivity index (χ3v) is 4.96. The highest BCUT2D eigenvalue weighted by Crippen LogP contribution is 2.27. The van der Waals surface area contributed by atoms with Crippen LogP contribution in [0.1, 0.15) is 26.3 Å². The predicted molar refractivity (Wildman–Crippen MR) is 110 cm³/mol. The van der Waals surface area contributed by atoms with Crippen LogP contribution in [0.25, 0.3) is 0 Å². The summed E-state index contributed by atoms with van der Waals surface area (Å²) in [6.45, 7) is 0. The van der Waals surface area contributed by atoms with Crippen molar-refractivity contribution in [3.8, 4) is 11.5 Å². The topological polar surface area (TPSA) is 72.9 Å². The number of ether oxygens (including phenoxy) is 2.